The molecule has 0 amide bonds. The molecule has 0 aliphatic carbocycles. The average molecular weight is 371 g/mol. The molecule has 0 unspecified atom stereocenters. The standard InChI is InChI=1S/C18H17N3O4S/c1-4-25-17(22)11-6-5-7-12(8-11)21-15-13-10(2)14(18(23)24-3)26-16(13)20-9-19-15/h5-9H,4H2,1-3H3,(H,19,20,21). The first kappa shape index (κ1) is 17.8. The van der Waals surface area contributed by atoms with Gasteiger partial charge in [0.2, 0.25) is 0 Å². The Morgan fingerprint density at radius 3 is 2.77 bits per heavy atom. The molecule has 3 aromatic rings. The van der Waals surface area contributed by atoms with Crippen LogP contribution in [0.4, 0.5) is 11.5 Å². The van der Waals surface area contributed by atoms with Crippen LogP contribution in [0.3, 0.4) is 0 Å². The van der Waals surface area contributed by atoms with Gasteiger partial charge in [0.15, 0.2) is 0 Å². The molecule has 0 bridgehead atoms. The van der Waals surface area contributed by atoms with Crippen LogP contribution in [0.5, 0.6) is 0 Å². The van der Waals surface area contributed by atoms with Crippen molar-refractivity contribution in [2.75, 3.05) is 19.0 Å². The zero-order valence-electron chi connectivity index (χ0n) is 14.5. The summed E-state index contributed by atoms with van der Waals surface area (Å²) in [6, 6.07) is 6.95. The first-order chi connectivity index (χ1) is 12.5. The Balaban J connectivity index is 1.99. The number of hydrogen-bond acceptors (Lipinski definition) is 8. The molecule has 2 heterocycles. The van der Waals surface area contributed by atoms with Crippen LogP contribution in [0.2, 0.25) is 0 Å². The minimum absolute atomic E-state index is 0.313. The summed E-state index contributed by atoms with van der Waals surface area (Å²) >= 11 is 1.26. The molecule has 3 rings (SSSR count). The van der Waals surface area contributed by atoms with Crippen LogP contribution in [0.1, 0.15) is 32.5 Å². The second kappa shape index (κ2) is 7.49. The normalized spacial score (nSPS) is 10.6. The number of rotatable bonds is 5. The largest absolute Gasteiger partial charge is 0.465 e. The van der Waals surface area contributed by atoms with Gasteiger partial charge in [-0.2, -0.15) is 0 Å². The summed E-state index contributed by atoms with van der Waals surface area (Å²) in [5.74, 6) is -0.232. The molecule has 0 radical (unpaired) electrons. The van der Waals surface area contributed by atoms with Gasteiger partial charge >= 0.3 is 11.9 Å². The van der Waals surface area contributed by atoms with Crippen LogP contribution in [-0.2, 0) is 9.47 Å². The van der Waals surface area contributed by atoms with Gasteiger partial charge < -0.3 is 14.8 Å². The summed E-state index contributed by atoms with van der Waals surface area (Å²) in [6.07, 6.45) is 1.43. The SMILES string of the molecule is CCOC(=O)c1cccc(Nc2ncnc3sc(C(=O)OC)c(C)c23)c1. The number of thiophene rings is 1. The number of anilines is 2. The van der Waals surface area contributed by atoms with E-state index in [1.165, 1.54) is 24.8 Å². The van der Waals surface area contributed by atoms with E-state index in [4.69, 9.17) is 9.47 Å². The van der Waals surface area contributed by atoms with Crippen LogP contribution in [0.25, 0.3) is 10.2 Å². The van der Waals surface area contributed by atoms with Crippen molar-refractivity contribution in [3.8, 4) is 0 Å². The fourth-order valence-electron chi connectivity index (χ4n) is 2.53. The van der Waals surface area contributed by atoms with E-state index in [1.54, 1.807) is 25.1 Å². The molecule has 8 heteroatoms. The van der Waals surface area contributed by atoms with Gasteiger partial charge in [-0.3, -0.25) is 0 Å². The number of carbonyl (C=O) groups excluding carboxylic acids is 2. The minimum Gasteiger partial charge on any atom is -0.465 e. The van der Waals surface area contributed by atoms with Gasteiger partial charge in [0, 0.05) is 5.69 Å². The zero-order valence-corrected chi connectivity index (χ0v) is 15.3. The summed E-state index contributed by atoms with van der Waals surface area (Å²) in [5, 5.41) is 3.94. The van der Waals surface area contributed by atoms with Crippen molar-refractivity contribution < 1.29 is 19.1 Å². The van der Waals surface area contributed by atoms with E-state index in [0.29, 0.717) is 33.4 Å². The predicted molar refractivity (Wildman–Crippen MR) is 99.2 cm³/mol. The quantitative estimate of drug-likeness (QED) is 0.684. The number of methoxy groups -OCH3 is 1. The van der Waals surface area contributed by atoms with E-state index >= 15 is 0 Å². The second-order valence-corrected chi connectivity index (χ2v) is 6.38. The Hall–Kier alpha value is -3.00. The molecule has 0 fully saturated rings. The van der Waals surface area contributed by atoms with Crippen molar-refractivity contribution in [1.29, 1.82) is 0 Å². The summed E-state index contributed by atoms with van der Waals surface area (Å²) in [7, 11) is 1.35. The number of fused-ring (bicyclic) bond motifs is 1. The Kier molecular flexibility index (Phi) is 5.13. The van der Waals surface area contributed by atoms with Crippen LogP contribution in [0, 0.1) is 6.92 Å². The summed E-state index contributed by atoms with van der Waals surface area (Å²) in [4.78, 5) is 33.5. The Labute approximate surface area is 154 Å². The number of carbonyl (C=O) groups is 2. The molecule has 134 valence electrons. The van der Waals surface area contributed by atoms with Crippen molar-refractivity contribution in [3.05, 3.63) is 46.6 Å². The number of aryl methyl sites for hydroxylation is 1. The van der Waals surface area contributed by atoms with Crippen molar-refractivity contribution >= 4 is 45.0 Å². The van der Waals surface area contributed by atoms with E-state index in [1.807, 2.05) is 13.0 Å². The number of nitrogens with one attached hydrogen (secondary N) is 1. The third-order valence-corrected chi connectivity index (χ3v) is 4.91. The lowest BCUT2D eigenvalue weighted by Crippen LogP contribution is -2.05. The molecule has 0 aliphatic rings. The van der Waals surface area contributed by atoms with Gasteiger partial charge in [-0.15, -0.1) is 11.3 Å². The number of nitrogens with zero attached hydrogens (tertiary/aromatic N) is 2. The van der Waals surface area contributed by atoms with Crippen molar-refractivity contribution in [3.63, 3.8) is 0 Å². The Morgan fingerprint density at radius 2 is 2.04 bits per heavy atom. The molecular formula is C18H17N3O4S. The summed E-state index contributed by atoms with van der Waals surface area (Å²) in [5.41, 5.74) is 1.88. The summed E-state index contributed by atoms with van der Waals surface area (Å²) in [6.45, 7) is 3.90. The highest BCUT2D eigenvalue weighted by Crippen LogP contribution is 2.34. The molecule has 0 aliphatic heterocycles. The first-order valence-corrected chi connectivity index (χ1v) is 8.73. The number of esters is 2. The lowest BCUT2D eigenvalue weighted by Gasteiger charge is -2.09. The van der Waals surface area contributed by atoms with E-state index in [-0.39, 0.29) is 5.97 Å². The molecular weight excluding hydrogens is 354 g/mol. The average Bonchev–Trinajstić information content (AvgIpc) is 2.99. The number of hydrogen-bond donors (Lipinski definition) is 1. The fraction of sp³-hybridized carbons (Fsp3) is 0.222. The van der Waals surface area contributed by atoms with Crippen LogP contribution in [-0.4, -0.2) is 35.6 Å². The molecule has 2 aromatic heterocycles. The third-order valence-electron chi connectivity index (χ3n) is 3.73. The highest BCUT2D eigenvalue weighted by molar-refractivity contribution is 7.20. The number of benzene rings is 1. The van der Waals surface area contributed by atoms with Gasteiger partial charge in [0.25, 0.3) is 0 Å². The highest BCUT2D eigenvalue weighted by atomic mass is 32.1. The number of aromatic nitrogens is 2. The first-order valence-electron chi connectivity index (χ1n) is 7.91. The molecule has 0 atom stereocenters. The van der Waals surface area contributed by atoms with Crippen molar-refractivity contribution in [1.82, 2.24) is 9.97 Å². The minimum atomic E-state index is -0.402. The fourth-order valence-corrected chi connectivity index (χ4v) is 3.60. The van der Waals surface area contributed by atoms with E-state index in [0.717, 1.165) is 10.9 Å². The van der Waals surface area contributed by atoms with Gasteiger partial charge in [-0.1, -0.05) is 6.07 Å². The maximum atomic E-state index is 11.9. The van der Waals surface area contributed by atoms with Gasteiger partial charge in [-0.05, 0) is 37.6 Å². The van der Waals surface area contributed by atoms with Gasteiger partial charge in [0.1, 0.15) is 21.9 Å². The van der Waals surface area contributed by atoms with Gasteiger partial charge in [-0.25, -0.2) is 19.6 Å². The number of ether oxygens (including phenoxy) is 2. The van der Waals surface area contributed by atoms with Gasteiger partial charge in [0.05, 0.1) is 24.7 Å². The predicted octanol–water partition coefficient (Wildman–Crippen LogP) is 3.71. The summed E-state index contributed by atoms with van der Waals surface area (Å²) < 4.78 is 9.84. The smallest absolute Gasteiger partial charge is 0.348 e. The Morgan fingerprint density at radius 1 is 1.23 bits per heavy atom. The molecule has 26 heavy (non-hydrogen) atoms. The molecule has 1 aromatic carbocycles. The van der Waals surface area contributed by atoms with Crippen LogP contribution in [0.15, 0.2) is 30.6 Å². The lowest BCUT2D eigenvalue weighted by molar-refractivity contribution is 0.0525. The third kappa shape index (κ3) is 3.36. The van der Waals surface area contributed by atoms with Crippen molar-refractivity contribution in [2.45, 2.75) is 13.8 Å². The molecule has 0 saturated heterocycles. The molecule has 7 nitrogen and oxygen atoms in total. The maximum Gasteiger partial charge on any atom is 0.348 e. The zero-order chi connectivity index (χ0) is 18.7. The van der Waals surface area contributed by atoms with E-state index in [9.17, 15) is 9.59 Å². The molecule has 0 spiro atoms. The Bertz CT molecular complexity index is 984. The molecule has 1 N–H and O–H groups in total. The highest BCUT2D eigenvalue weighted by Gasteiger charge is 2.20. The maximum absolute atomic E-state index is 11.9. The van der Waals surface area contributed by atoms with Crippen LogP contribution >= 0.6 is 11.3 Å². The van der Waals surface area contributed by atoms with Crippen molar-refractivity contribution in [2.24, 2.45) is 0 Å². The topological polar surface area (TPSA) is 90.4 Å². The van der Waals surface area contributed by atoms with E-state index in [2.05, 4.69) is 15.3 Å². The molecule has 0 saturated carbocycles. The second-order valence-electron chi connectivity index (χ2n) is 5.38. The van der Waals surface area contributed by atoms with E-state index < -0.39 is 5.97 Å². The van der Waals surface area contributed by atoms with Crippen LogP contribution < -0.4 is 5.32 Å². The lowest BCUT2D eigenvalue weighted by atomic mass is 10.1. The monoisotopic (exact) mass is 371 g/mol.